The average molecular weight is 535 g/mol. The monoisotopic (exact) mass is 534 g/mol. The molecule has 2 atom stereocenters. The third kappa shape index (κ3) is 4.31. The van der Waals surface area contributed by atoms with E-state index in [9.17, 15) is 9.90 Å². The first kappa shape index (κ1) is 22.5. The van der Waals surface area contributed by atoms with Gasteiger partial charge in [0.15, 0.2) is 5.65 Å². The van der Waals surface area contributed by atoms with Crippen LogP contribution in [-0.2, 0) is 11.2 Å². The quantitative estimate of drug-likeness (QED) is 0.399. The van der Waals surface area contributed by atoms with Crippen LogP contribution in [0.25, 0.3) is 27.6 Å². The number of aliphatic hydroxyl groups excluding tert-OH is 1. The number of pyridine rings is 1. The summed E-state index contributed by atoms with van der Waals surface area (Å²) in [7, 11) is 0. The standard InChI is InChI=1S/C26H27BrN6O2/c1-26(12-19(34)13-26)31-25(35)17-5-4-15(9-17)10-22-29-14-20-23(27)32-33(24(20)30-22)18-6-7-21-16(11-18)3-2-8-28-21/h2-3,6-8,11,14-15,17,19,34H,4-5,9-10,12-13H2,1H3,(H,31,35)/t15-,17-,19?,26?/m1/s1. The van der Waals surface area contributed by atoms with Crippen LogP contribution in [0, 0.1) is 11.8 Å². The molecular weight excluding hydrogens is 508 g/mol. The molecule has 0 unspecified atom stereocenters. The van der Waals surface area contributed by atoms with Crippen LogP contribution >= 0.6 is 15.9 Å². The Bertz CT molecular complexity index is 1430. The third-order valence-electron chi connectivity index (χ3n) is 7.44. The minimum absolute atomic E-state index is 0.0178. The van der Waals surface area contributed by atoms with Crippen molar-refractivity contribution in [3.63, 3.8) is 0 Å². The van der Waals surface area contributed by atoms with E-state index in [0.717, 1.165) is 59.1 Å². The van der Waals surface area contributed by atoms with Crippen molar-refractivity contribution in [2.45, 2.75) is 57.1 Å². The molecular formula is C26H27BrN6O2. The zero-order valence-electron chi connectivity index (χ0n) is 19.5. The van der Waals surface area contributed by atoms with Crippen LogP contribution in [0.1, 0.15) is 44.9 Å². The first-order valence-electron chi connectivity index (χ1n) is 12.1. The van der Waals surface area contributed by atoms with Crippen molar-refractivity contribution in [3.8, 4) is 5.69 Å². The van der Waals surface area contributed by atoms with Crippen molar-refractivity contribution < 1.29 is 9.90 Å². The molecule has 4 aromatic rings. The highest BCUT2D eigenvalue weighted by Crippen LogP contribution is 2.36. The van der Waals surface area contributed by atoms with E-state index in [1.807, 2.05) is 42.1 Å². The van der Waals surface area contributed by atoms with Crippen LogP contribution in [0.3, 0.4) is 0 Å². The maximum absolute atomic E-state index is 12.8. The Morgan fingerprint density at radius 2 is 2.11 bits per heavy atom. The van der Waals surface area contributed by atoms with Gasteiger partial charge in [0.2, 0.25) is 5.91 Å². The third-order valence-corrected chi connectivity index (χ3v) is 8.03. The number of rotatable bonds is 5. The molecule has 2 fully saturated rings. The predicted octanol–water partition coefficient (Wildman–Crippen LogP) is 4.11. The lowest BCUT2D eigenvalue weighted by Crippen LogP contribution is -2.58. The summed E-state index contributed by atoms with van der Waals surface area (Å²) in [6.45, 7) is 2.01. The number of fused-ring (bicyclic) bond motifs is 2. The zero-order valence-corrected chi connectivity index (χ0v) is 21.1. The molecule has 2 N–H and O–H groups in total. The van der Waals surface area contributed by atoms with Gasteiger partial charge in [0.1, 0.15) is 10.4 Å². The number of benzene rings is 1. The number of nitrogens with one attached hydrogen (secondary N) is 1. The number of halogens is 1. The minimum Gasteiger partial charge on any atom is -0.393 e. The molecule has 0 bridgehead atoms. The highest BCUT2D eigenvalue weighted by molar-refractivity contribution is 9.10. The summed E-state index contributed by atoms with van der Waals surface area (Å²) < 4.78 is 2.55. The maximum Gasteiger partial charge on any atom is 0.223 e. The first-order valence-corrected chi connectivity index (χ1v) is 12.9. The van der Waals surface area contributed by atoms with E-state index in [1.54, 1.807) is 6.20 Å². The van der Waals surface area contributed by atoms with Crippen molar-refractivity contribution in [2.75, 3.05) is 0 Å². The Kier molecular flexibility index (Phi) is 5.56. The molecule has 6 rings (SSSR count). The lowest BCUT2D eigenvalue weighted by Gasteiger charge is -2.43. The van der Waals surface area contributed by atoms with Crippen molar-refractivity contribution in [1.82, 2.24) is 30.0 Å². The van der Waals surface area contributed by atoms with E-state index >= 15 is 0 Å². The summed E-state index contributed by atoms with van der Waals surface area (Å²) >= 11 is 3.56. The second kappa shape index (κ2) is 8.64. The number of amides is 1. The highest BCUT2D eigenvalue weighted by Gasteiger charge is 2.42. The molecule has 0 aliphatic heterocycles. The molecule has 2 aliphatic carbocycles. The molecule has 0 radical (unpaired) electrons. The van der Waals surface area contributed by atoms with Gasteiger partial charge >= 0.3 is 0 Å². The molecule has 2 aliphatic rings. The fraction of sp³-hybridized carbons (Fsp3) is 0.423. The smallest absolute Gasteiger partial charge is 0.223 e. The number of hydrogen-bond donors (Lipinski definition) is 2. The number of nitrogens with zero attached hydrogens (tertiary/aromatic N) is 5. The summed E-state index contributed by atoms with van der Waals surface area (Å²) in [5.41, 5.74) is 2.35. The maximum atomic E-state index is 12.8. The van der Waals surface area contributed by atoms with Crippen molar-refractivity contribution in [1.29, 1.82) is 0 Å². The number of carbonyl (C=O) groups excluding carboxylic acids is 1. The van der Waals surface area contributed by atoms with Gasteiger partial charge in [-0.3, -0.25) is 9.78 Å². The second-order valence-corrected chi connectivity index (χ2v) is 11.0. The fourth-order valence-electron chi connectivity index (χ4n) is 5.62. The fourth-order valence-corrected chi connectivity index (χ4v) is 6.05. The Morgan fingerprint density at radius 3 is 2.94 bits per heavy atom. The average Bonchev–Trinajstić information content (AvgIpc) is 3.42. The molecule has 0 saturated heterocycles. The van der Waals surface area contributed by atoms with Gasteiger partial charge in [-0.2, -0.15) is 5.10 Å². The molecule has 35 heavy (non-hydrogen) atoms. The van der Waals surface area contributed by atoms with Gasteiger partial charge in [0, 0.05) is 35.7 Å². The van der Waals surface area contributed by atoms with E-state index < -0.39 is 0 Å². The van der Waals surface area contributed by atoms with E-state index in [2.05, 4.69) is 42.4 Å². The molecule has 180 valence electrons. The lowest BCUT2D eigenvalue weighted by molar-refractivity contribution is -0.129. The van der Waals surface area contributed by atoms with E-state index in [4.69, 9.17) is 4.98 Å². The van der Waals surface area contributed by atoms with Gasteiger partial charge in [-0.25, -0.2) is 14.6 Å². The second-order valence-electron chi connectivity index (χ2n) is 10.3. The molecule has 9 heteroatoms. The van der Waals surface area contributed by atoms with Crippen LogP contribution in [-0.4, -0.2) is 47.4 Å². The van der Waals surface area contributed by atoms with Crippen LogP contribution < -0.4 is 5.32 Å². The number of aromatic nitrogens is 5. The molecule has 0 spiro atoms. The van der Waals surface area contributed by atoms with Gasteiger partial charge in [0.05, 0.1) is 22.7 Å². The topological polar surface area (TPSA) is 106 Å². The molecule has 3 heterocycles. The van der Waals surface area contributed by atoms with Crippen LogP contribution in [0.4, 0.5) is 0 Å². The molecule has 3 aromatic heterocycles. The van der Waals surface area contributed by atoms with E-state index in [0.29, 0.717) is 23.4 Å². The summed E-state index contributed by atoms with van der Waals surface area (Å²) in [6.07, 6.45) is 8.05. The van der Waals surface area contributed by atoms with Gasteiger partial charge in [-0.1, -0.05) is 6.07 Å². The predicted molar refractivity (Wildman–Crippen MR) is 136 cm³/mol. The molecule has 2 saturated carbocycles. The van der Waals surface area contributed by atoms with Gasteiger partial charge < -0.3 is 10.4 Å². The Balaban J connectivity index is 1.20. The number of hydrogen-bond acceptors (Lipinski definition) is 6. The highest BCUT2D eigenvalue weighted by atomic mass is 79.9. The van der Waals surface area contributed by atoms with Gasteiger partial charge in [0.25, 0.3) is 0 Å². The van der Waals surface area contributed by atoms with Crippen LogP contribution in [0.2, 0.25) is 0 Å². The SMILES string of the molecule is CC1(NC(=O)[C@@H]2CC[C@@H](Cc3ncc4c(Br)nn(-c5ccc6ncccc6c5)c4n3)C2)CC(O)C1. The van der Waals surface area contributed by atoms with Crippen molar-refractivity contribution in [3.05, 3.63) is 53.2 Å². The van der Waals surface area contributed by atoms with Crippen LogP contribution in [0.15, 0.2) is 47.3 Å². The first-order chi connectivity index (χ1) is 16.9. The lowest BCUT2D eigenvalue weighted by atomic mass is 9.75. The molecule has 1 amide bonds. The Labute approximate surface area is 211 Å². The van der Waals surface area contributed by atoms with Crippen molar-refractivity contribution >= 4 is 43.8 Å². The normalized spacial score (nSPS) is 26.2. The minimum atomic E-state index is -0.288. The van der Waals surface area contributed by atoms with E-state index in [1.165, 1.54) is 0 Å². The zero-order chi connectivity index (χ0) is 24.2. The van der Waals surface area contributed by atoms with Gasteiger partial charge in [-0.05, 0) is 85.1 Å². The summed E-state index contributed by atoms with van der Waals surface area (Å²) in [5, 5.41) is 19.3. The Hall–Kier alpha value is -2.91. The van der Waals surface area contributed by atoms with E-state index in [-0.39, 0.29) is 23.5 Å². The van der Waals surface area contributed by atoms with Crippen molar-refractivity contribution in [2.24, 2.45) is 11.8 Å². The van der Waals surface area contributed by atoms with Crippen LogP contribution in [0.5, 0.6) is 0 Å². The molecule has 8 nitrogen and oxygen atoms in total. The number of aliphatic hydroxyl groups is 1. The molecule has 1 aromatic carbocycles. The Morgan fingerprint density at radius 1 is 1.26 bits per heavy atom. The number of carbonyl (C=O) groups is 1. The summed E-state index contributed by atoms with van der Waals surface area (Å²) in [5.74, 6) is 1.28. The summed E-state index contributed by atoms with van der Waals surface area (Å²) in [6, 6.07) is 10.0. The van der Waals surface area contributed by atoms with Gasteiger partial charge in [-0.15, -0.1) is 0 Å². The summed E-state index contributed by atoms with van der Waals surface area (Å²) in [4.78, 5) is 26.7. The largest absolute Gasteiger partial charge is 0.393 e.